The van der Waals surface area contributed by atoms with Crippen molar-refractivity contribution >= 4 is 17.7 Å². The number of anilines is 2. The molecule has 0 unspecified atom stereocenters. The quantitative estimate of drug-likeness (QED) is 0.659. The average molecular weight is 359 g/mol. The van der Waals surface area contributed by atoms with E-state index in [0.717, 1.165) is 25.7 Å². The zero-order valence-corrected chi connectivity index (χ0v) is 15.4. The molecule has 0 bridgehead atoms. The van der Waals surface area contributed by atoms with Crippen LogP contribution in [0.5, 0.6) is 0 Å². The van der Waals surface area contributed by atoms with Gasteiger partial charge in [-0.25, -0.2) is 4.98 Å². The van der Waals surface area contributed by atoms with Gasteiger partial charge < -0.3 is 21.1 Å². The van der Waals surface area contributed by atoms with E-state index in [1.807, 2.05) is 0 Å². The van der Waals surface area contributed by atoms with Crippen molar-refractivity contribution in [3.05, 3.63) is 11.8 Å². The lowest BCUT2D eigenvalue weighted by Crippen LogP contribution is -2.31. The van der Waals surface area contributed by atoms with Crippen molar-refractivity contribution in [1.82, 2.24) is 9.97 Å². The summed E-state index contributed by atoms with van der Waals surface area (Å²) >= 11 is 0. The number of nitrogens with two attached hydrogens (primary N) is 1. The van der Waals surface area contributed by atoms with E-state index < -0.39 is 5.91 Å². The third-order valence-corrected chi connectivity index (χ3v) is 5.66. The summed E-state index contributed by atoms with van der Waals surface area (Å²) < 4.78 is 6.01. The van der Waals surface area contributed by atoms with Gasteiger partial charge in [-0.2, -0.15) is 4.98 Å². The van der Waals surface area contributed by atoms with Crippen molar-refractivity contribution in [2.24, 2.45) is 11.7 Å². The highest BCUT2D eigenvalue weighted by Gasteiger charge is 2.30. The van der Waals surface area contributed by atoms with Gasteiger partial charge in [0.1, 0.15) is 5.82 Å². The summed E-state index contributed by atoms with van der Waals surface area (Å²) in [5, 5.41) is 6.78. The minimum Gasteiger partial charge on any atom is -0.375 e. The van der Waals surface area contributed by atoms with Crippen LogP contribution in [0.25, 0.3) is 0 Å². The smallest absolute Gasteiger partial charge is 0.254 e. The van der Waals surface area contributed by atoms with Crippen LogP contribution in [-0.2, 0) is 4.74 Å². The number of nitrogens with zero attached hydrogens (tertiary/aromatic N) is 2. The van der Waals surface area contributed by atoms with Gasteiger partial charge in [0.05, 0.1) is 17.8 Å². The first-order valence-corrected chi connectivity index (χ1v) is 9.94. The van der Waals surface area contributed by atoms with E-state index in [2.05, 4.69) is 27.5 Å². The molecule has 3 aliphatic rings. The second-order valence-corrected chi connectivity index (χ2v) is 8.04. The first-order valence-electron chi connectivity index (χ1n) is 9.94. The van der Waals surface area contributed by atoms with Crippen LogP contribution in [0, 0.1) is 5.92 Å². The van der Waals surface area contributed by atoms with E-state index in [4.69, 9.17) is 10.5 Å². The van der Waals surface area contributed by atoms with E-state index >= 15 is 0 Å². The number of primary amides is 1. The lowest BCUT2D eigenvalue weighted by Gasteiger charge is -2.29. The number of amides is 1. The van der Waals surface area contributed by atoms with Gasteiger partial charge in [0, 0.05) is 18.3 Å². The zero-order valence-electron chi connectivity index (χ0n) is 15.4. The van der Waals surface area contributed by atoms with Gasteiger partial charge in [0.15, 0.2) is 0 Å². The molecule has 1 aromatic rings. The largest absolute Gasteiger partial charge is 0.375 e. The Bertz CT molecular complexity index is 651. The summed E-state index contributed by atoms with van der Waals surface area (Å²) in [5.41, 5.74) is 5.83. The molecule has 3 saturated carbocycles. The first kappa shape index (κ1) is 17.5. The monoisotopic (exact) mass is 359 g/mol. The van der Waals surface area contributed by atoms with Gasteiger partial charge in [0.2, 0.25) is 5.95 Å². The van der Waals surface area contributed by atoms with Crippen molar-refractivity contribution in [3.8, 4) is 0 Å². The van der Waals surface area contributed by atoms with Gasteiger partial charge in [0.25, 0.3) is 5.91 Å². The molecule has 0 radical (unpaired) electrons. The molecule has 3 fully saturated rings. The molecule has 0 aliphatic heterocycles. The van der Waals surface area contributed by atoms with Gasteiger partial charge in [-0.15, -0.1) is 0 Å². The maximum absolute atomic E-state index is 11.7. The molecule has 3 aliphatic carbocycles. The van der Waals surface area contributed by atoms with Gasteiger partial charge >= 0.3 is 0 Å². The number of carbonyl (C=O) groups is 1. The van der Waals surface area contributed by atoms with E-state index in [1.165, 1.54) is 31.9 Å². The highest BCUT2D eigenvalue weighted by atomic mass is 16.5. The number of aromatic nitrogens is 2. The zero-order chi connectivity index (χ0) is 18.1. The third-order valence-electron chi connectivity index (χ3n) is 5.66. The summed E-state index contributed by atoms with van der Waals surface area (Å²) in [4.78, 5) is 20.5. The molecule has 7 heteroatoms. The van der Waals surface area contributed by atoms with E-state index in [0.29, 0.717) is 41.5 Å². The molecule has 1 aromatic heterocycles. The number of nitrogens with one attached hydrogen (secondary N) is 2. The Hall–Kier alpha value is -1.89. The Labute approximate surface area is 154 Å². The summed E-state index contributed by atoms with van der Waals surface area (Å²) in [5.74, 6) is 1.26. The number of rotatable bonds is 8. The molecule has 0 aromatic carbocycles. The highest BCUT2D eigenvalue weighted by molar-refractivity contribution is 5.97. The van der Waals surface area contributed by atoms with E-state index in [1.54, 1.807) is 0 Å². The van der Waals surface area contributed by atoms with Crippen LogP contribution in [0.15, 0.2) is 6.20 Å². The molecule has 1 atom stereocenters. The van der Waals surface area contributed by atoms with Crippen molar-refractivity contribution in [3.63, 3.8) is 0 Å². The van der Waals surface area contributed by atoms with Crippen LogP contribution in [0.3, 0.4) is 0 Å². The number of hydrogen-bond acceptors (Lipinski definition) is 6. The van der Waals surface area contributed by atoms with Crippen molar-refractivity contribution < 1.29 is 9.53 Å². The summed E-state index contributed by atoms with van der Waals surface area (Å²) in [6, 6.07) is 0.632. The Balaban J connectivity index is 1.37. The molecule has 1 amide bonds. The van der Waals surface area contributed by atoms with E-state index in [9.17, 15) is 4.79 Å². The minimum absolute atomic E-state index is 0.283. The van der Waals surface area contributed by atoms with Crippen LogP contribution >= 0.6 is 0 Å². The Kier molecular flexibility index (Phi) is 4.98. The van der Waals surface area contributed by atoms with Crippen LogP contribution in [0.4, 0.5) is 11.8 Å². The number of hydrogen-bond donors (Lipinski definition) is 3. The second-order valence-electron chi connectivity index (χ2n) is 8.04. The number of carbonyl (C=O) groups excluding carboxylic acids is 1. The lowest BCUT2D eigenvalue weighted by atomic mass is 9.93. The molecule has 0 saturated heterocycles. The maximum atomic E-state index is 11.7. The molecule has 142 valence electrons. The molecule has 7 nitrogen and oxygen atoms in total. The molecule has 4 N–H and O–H groups in total. The van der Waals surface area contributed by atoms with Gasteiger partial charge in [-0.3, -0.25) is 4.79 Å². The lowest BCUT2D eigenvalue weighted by molar-refractivity contribution is 0.0146. The topological polar surface area (TPSA) is 102 Å². The fraction of sp³-hybridized carbons (Fsp3) is 0.737. The molecule has 0 spiro atoms. The standard InChI is InChI=1S/C19H29N5O2/c1-11(12-2-3-12)22-18-16(17(20)25)10-21-19(24-18)23-13-4-6-14(7-5-13)26-15-8-9-15/h10-15H,2-9H2,1H3,(H2,20,25)(H2,21,22,23,24)/t11-,13?,14?/m1/s1. The Morgan fingerprint density at radius 3 is 2.38 bits per heavy atom. The summed E-state index contributed by atoms with van der Waals surface area (Å²) in [6.45, 7) is 2.12. The van der Waals surface area contributed by atoms with Crippen molar-refractivity contribution in [2.45, 2.75) is 82.6 Å². The SMILES string of the molecule is C[C@@H](Nc1nc(NC2CCC(OC3CC3)CC2)ncc1C(N)=O)C1CC1. The predicted octanol–water partition coefficient (Wildman–Crippen LogP) is 2.69. The van der Waals surface area contributed by atoms with Crippen LogP contribution in [0.2, 0.25) is 0 Å². The maximum Gasteiger partial charge on any atom is 0.254 e. The third kappa shape index (κ3) is 4.44. The molecular weight excluding hydrogens is 330 g/mol. The van der Waals surface area contributed by atoms with Crippen LogP contribution in [0.1, 0.15) is 68.6 Å². The summed E-state index contributed by atoms with van der Waals surface area (Å²) in [6.07, 6.45) is 11.6. The van der Waals surface area contributed by atoms with Crippen molar-refractivity contribution in [1.29, 1.82) is 0 Å². The van der Waals surface area contributed by atoms with E-state index in [-0.39, 0.29) is 6.04 Å². The summed E-state index contributed by atoms with van der Waals surface area (Å²) in [7, 11) is 0. The Morgan fingerprint density at radius 2 is 1.81 bits per heavy atom. The molecular formula is C19H29N5O2. The van der Waals surface area contributed by atoms with Crippen LogP contribution in [-0.4, -0.2) is 40.2 Å². The predicted molar refractivity (Wildman–Crippen MR) is 100 cm³/mol. The van der Waals surface area contributed by atoms with Gasteiger partial charge in [-0.1, -0.05) is 0 Å². The van der Waals surface area contributed by atoms with Gasteiger partial charge in [-0.05, 0) is 64.2 Å². The normalized spacial score (nSPS) is 27.0. The first-order chi connectivity index (χ1) is 12.6. The Morgan fingerprint density at radius 1 is 1.15 bits per heavy atom. The number of ether oxygens (including phenoxy) is 1. The fourth-order valence-electron chi connectivity index (χ4n) is 3.67. The average Bonchev–Trinajstić information content (AvgIpc) is 3.51. The molecule has 1 heterocycles. The fourth-order valence-corrected chi connectivity index (χ4v) is 3.67. The highest BCUT2D eigenvalue weighted by Crippen LogP contribution is 2.34. The van der Waals surface area contributed by atoms with Crippen molar-refractivity contribution in [2.75, 3.05) is 10.6 Å². The molecule has 4 rings (SSSR count). The minimum atomic E-state index is -0.500. The second kappa shape index (κ2) is 7.39. The molecule has 26 heavy (non-hydrogen) atoms. The van der Waals surface area contributed by atoms with Crippen LogP contribution < -0.4 is 16.4 Å².